The molecule has 2 unspecified atom stereocenters. The maximum atomic E-state index is 12.7. The van der Waals surface area contributed by atoms with Gasteiger partial charge in [-0.25, -0.2) is 0 Å². The van der Waals surface area contributed by atoms with Gasteiger partial charge in [0.05, 0.1) is 6.04 Å². The molecule has 0 aliphatic rings. The number of hydrogen-bond donors (Lipinski definition) is 1. The number of rotatable bonds is 6. The van der Waals surface area contributed by atoms with Gasteiger partial charge in [0.25, 0.3) is 5.91 Å². The van der Waals surface area contributed by atoms with E-state index in [0.29, 0.717) is 6.42 Å². The molecule has 0 aromatic heterocycles. The van der Waals surface area contributed by atoms with Gasteiger partial charge in [-0.05, 0) is 63.8 Å². The van der Waals surface area contributed by atoms with Gasteiger partial charge in [0.2, 0.25) is 0 Å². The molecule has 0 aliphatic carbocycles. The second-order valence-electron chi connectivity index (χ2n) is 6.87. The summed E-state index contributed by atoms with van der Waals surface area (Å²) in [4.78, 5) is 12.7. The molecule has 2 aromatic rings. The standard InChI is InChI=1S/C22H29NO2/c1-7-20(25-21-11-9-14(2)12-17(21)5)22(24)23-18(6)19-13-15(3)8-10-16(19)4/h8-13,18,20H,7H2,1-6H3,(H,23,24). The molecule has 25 heavy (non-hydrogen) atoms. The largest absolute Gasteiger partial charge is 0.480 e. The zero-order valence-electron chi connectivity index (χ0n) is 16.1. The minimum absolute atomic E-state index is 0.0517. The van der Waals surface area contributed by atoms with E-state index in [9.17, 15) is 4.79 Å². The second-order valence-corrected chi connectivity index (χ2v) is 6.87. The molecule has 0 aliphatic heterocycles. The van der Waals surface area contributed by atoms with Crippen LogP contribution < -0.4 is 10.1 Å². The molecule has 2 atom stereocenters. The first kappa shape index (κ1) is 19.0. The first-order valence-corrected chi connectivity index (χ1v) is 8.93. The van der Waals surface area contributed by atoms with E-state index >= 15 is 0 Å². The average Bonchev–Trinajstić information content (AvgIpc) is 2.56. The fourth-order valence-corrected chi connectivity index (χ4v) is 3.02. The summed E-state index contributed by atoms with van der Waals surface area (Å²) in [5, 5.41) is 3.10. The van der Waals surface area contributed by atoms with Crippen LogP contribution in [-0.2, 0) is 4.79 Å². The van der Waals surface area contributed by atoms with Gasteiger partial charge >= 0.3 is 0 Å². The third kappa shape index (κ3) is 4.85. The highest BCUT2D eigenvalue weighted by molar-refractivity contribution is 5.81. The van der Waals surface area contributed by atoms with Crippen molar-refractivity contribution in [1.82, 2.24) is 5.32 Å². The number of amides is 1. The topological polar surface area (TPSA) is 38.3 Å². The van der Waals surface area contributed by atoms with E-state index in [1.165, 1.54) is 16.7 Å². The van der Waals surface area contributed by atoms with E-state index in [2.05, 4.69) is 43.4 Å². The van der Waals surface area contributed by atoms with Gasteiger partial charge in [0.15, 0.2) is 6.10 Å². The number of carbonyl (C=O) groups excluding carboxylic acids is 1. The molecule has 2 aromatic carbocycles. The molecule has 0 spiro atoms. The highest BCUT2D eigenvalue weighted by Gasteiger charge is 2.22. The summed E-state index contributed by atoms with van der Waals surface area (Å²) < 4.78 is 5.99. The molecular weight excluding hydrogens is 310 g/mol. The number of carbonyl (C=O) groups is 1. The molecule has 0 radical (unpaired) electrons. The summed E-state index contributed by atoms with van der Waals surface area (Å²) in [5.41, 5.74) is 5.76. The lowest BCUT2D eigenvalue weighted by Gasteiger charge is -2.22. The zero-order chi connectivity index (χ0) is 18.6. The Kier molecular flexibility index (Phi) is 6.24. The van der Waals surface area contributed by atoms with Crippen LogP contribution in [0.1, 0.15) is 54.1 Å². The molecule has 1 N–H and O–H groups in total. The van der Waals surface area contributed by atoms with Gasteiger partial charge < -0.3 is 10.1 Å². The van der Waals surface area contributed by atoms with Crippen LogP contribution in [-0.4, -0.2) is 12.0 Å². The van der Waals surface area contributed by atoms with Gasteiger partial charge in [-0.1, -0.05) is 48.4 Å². The van der Waals surface area contributed by atoms with Gasteiger partial charge in [0.1, 0.15) is 5.75 Å². The van der Waals surface area contributed by atoms with Crippen LogP contribution in [0.2, 0.25) is 0 Å². The predicted molar refractivity (Wildman–Crippen MR) is 103 cm³/mol. The normalized spacial score (nSPS) is 13.2. The van der Waals surface area contributed by atoms with E-state index in [1.54, 1.807) is 0 Å². The Morgan fingerprint density at radius 2 is 1.64 bits per heavy atom. The smallest absolute Gasteiger partial charge is 0.261 e. The summed E-state index contributed by atoms with van der Waals surface area (Å²) in [7, 11) is 0. The SMILES string of the molecule is CCC(Oc1ccc(C)cc1C)C(=O)NC(C)c1cc(C)ccc1C. The summed E-state index contributed by atoms with van der Waals surface area (Å²) in [6, 6.07) is 12.3. The lowest BCUT2D eigenvalue weighted by atomic mass is 10.00. The van der Waals surface area contributed by atoms with Gasteiger partial charge in [-0.2, -0.15) is 0 Å². The lowest BCUT2D eigenvalue weighted by Crippen LogP contribution is -2.39. The molecule has 2 rings (SSSR count). The highest BCUT2D eigenvalue weighted by atomic mass is 16.5. The summed E-state index contributed by atoms with van der Waals surface area (Å²) in [6.45, 7) is 12.2. The molecule has 3 nitrogen and oxygen atoms in total. The molecule has 0 heterocycles. The molecule has 0 saturated heterocycles. The van der Waals surface area contributed by atoms with Crippen LogP contribution in [0.5, 0.6) is 5.75 Å². The fraction of sp³-hybridized carbons (Fsp3) is 0.409. The first-order chi connectivity index (χ1) is 11.8. The Morgan fingerprint density at radius 3 is 2.28 bits per heavy atom. The number of ether oxygens (including phenoxy) is 1. The highest BCUT2D eigenvalue weighted by Crippen LogP contribution is 2.22. The number of aryl methyl sites for hydroxylation is 4. The monoisotopic (exact) mass is 339 g/mol. The van der Waals surface area contributed by atoms with Crippen molar-refractivity contribution in [3.8, 4) is 5.75 Å². The molecular formula is C22H29NO2. The molecule has 0 bridgehead atoms. The van der Waals surface area contributed by atoms with Crippen molar-refractivity contribution in [2.75, 3.05) is 0 Å². The van der Waals surface area contributed by atoms with E-state index in [-0.39, 0.29) is 11.9 Å². The minimum atomic E-state index is -0.492. The summed E-state index contributed by atoms with van der Waals surface area (Å²) >= 11 is 0. The van der Waals surface area contributed by atoms with Crippen LogP contribution >= 0.6 is 0 Å². The first-order valence-electron chi connectivity index (χ1n) is 8.93. The van der Waals surface area contributed by atoms with E-state index in [0.717, 1.165) is 16.9 Å². The Hall–Kier alpha value is -2.29. The Morgan fingerprint density at radius 1 is 1.00 bits per heavy atom. The maximum Gasteiger partial charge on any atom is 0.261 e. The van der Waals surface area contributed by atoms with Crippen LogP contribution in [0, 0.1) is 27.7 Å². The van der Waals surface area contributed by atoms with Gasteiger partial charge in [-0.3, -0.25) is 4.79 Å². The minimum Gasteiger partial charge on any atom is -0.480 e. The molecule has 0 fully saturated rings. The van der Waals surface area contributed by atoms with Crippen LogP contribution in [0.3, 0.4) is 0 Å². The van der Waals surface area contributed by atoms with Crippen molar-refractivity contribution < 1.29 is 9.53 Å². The van der Waals surface area contributed by atoms with Gasteiger partial charge in [0, 0.05) is 0 Å². The van der Waals surface area contributed by atoms with Gasteiger partial charge in [-0.15, -0.1) is 0 Å². The van der Waals surface area contributed by atoms with Crippen LogP contribution in [0.15, 0.2) is 36.4 Å². The lowest BCUT2D eigenvalue weighted by molar-refractivity contribution is -0.128. The Labute approximate surface area is 151 Å². The van der Waals surface area contributed by atoms with Crippen molar-refractivity contribution in [2.24, 2.45) is 0 Å². The van der Waals surface area contributed by atoms with E-state index < -0.39 is 6.10 Å². The van der Waals surface area contributed by atoms with Crippen molar-refractivity contribution in [3.05, 3.63) is 64.2 Å². The summed E-state index contributed by atoms with van der Waals surface area (Å²) in [5.74, 6) is 0.697. The average molecular weight is 339 g/mol. The quantitative estimate of drug-likeness (QED) is 0.808. The Balaban J connectivity index is 2.10. The van der Waals surface area contributed by atoms with Crippen molar-refractivity contribution in [3.63, 3.8) is 0 Å². The van der Waals surface area contributed by atoms with Crippen molar-refractivity contribution in [1.29, 1.82) is 0 Å². The number of nitrogens with one attached hydrogen (secondary N) is 1. The van der Waals surface area contributed by atoms with Crippen LogP contribution in [0.4, 0.5) is 0 Å². The molecule has 1 amide bonds. The van der Waals surface area contributed by atoms with Crippen LogP contribution in [0.25, 0.3) is 0 Å². The van der Waals surface area contributed by atoms with E-state index in [1.807, 2.05) is 39.8 Å². The zero-order valence-corrected chi connectivity index (χ0v) is 16.1. The number of hydrogen-bond acceptors (Lipinski definition) is 2. The molecule has 134 valence electrons. The van der Waals surface area contributed by atoms with E-state index in [4.69, 9.17) is 4.74 Å². The third-order valence-electron chi connectivity index (χ3n) is 4.52. The fourth-order valence-electron chi connectivity index (χ4n) is 3.02. The van der Waals surface area contributed by atoms with Crippen molar-refractivity contribution in [2.45, 2.75) is 60.1 Å². The molecule has 0 saturated carbocycles. The number of benzene rings is 2. The van der Waals surface area contributed by atoms with Crippen molar-refractivity contribution >= 4 is 5.91 Å². The molecule has 3 heteroatoms. The second kappa shape index (κ2) is 8.19. The maximum absolute atomic E-state index is 12.7. The predicted octanol–water partition coefficient (Wildman–Crippen LogP) is 4.96. The Bertz CT molecular complexity index is 752. The third-order valence-corrected chi connectivity index (χ3v) is 4.52. The summed E-state index contributed by atoms with van der Waals surface area (Å²) in [6.07, 6.45) is 0.132.